The van der Waals surface area contributed by atoms with Gasteiger partial charge >= 0.3 is 0 Å². The maximum Gasteiger partial charge on any atom is 0.223 e. The number of rotatable bonds is 5. The smallest absolute Gasteiger partial charge is 0.223 e. The Morgan fingerprint density at radius 3 is 2.78 bits per heavy atom. The summed E-state index contributed by atoms with van der Waals surface area (Å²) in [5.41, 5.74) is 1.92. The van der Waals surface area contributed by atoms with Crippen LogP contribution in [-0.4, -0.2) is 58.6 Å². The van der Waals surface area contributed by atoms with Crippen LogP contribution in [0.5, 0.6) is 0 Å². The van der Waals surface area contributed by atoms with Crippen molar-refractivity contribution in [2.75, 3.05) is 37.7 Å². The van der Waals surface area contributed by atoms with Gasteiger partial charge in [0.1, 0.15) is 12.1 Å². The van der Waals surface area contributed by atoms with E-state index in [1.54, 1.807) is 10.8 Å². The molecule has 2 aliphatic rings. The van der Waals surface area contributed by atoms with Crippen LogP contribution in [0.4, 0.5) is 5.82 Å². The molecule has 2 aliphatic heterocycles. The van der Waals surface area contributed by atoms with Crippen LogP contribution >= 0.6 is 15.9 Å². The molecule has 2 aromatic heterocycles. The lowest BCUT2D eigenvalue weighted by Gasteiger charge is -2.39. The van der Waals surface area contributed by atoms with Crippen molar-refractivity contribution in [3.05, 3.63) is 52.8 Å². The monoisotopic (exact) mass is 498 g/mol. The molecule has 4 heterocycles. The highest BCUT2D eigenvalue weighted by molar-refractivity contribution is 9.10. The zero-order chi connectivity index (χ0) is 22.0. The Kier molecular flexibility index (Phi) is 6.10. The van der Waals surface area contributed by atoms with Crippen molar-refractivity contribution in [2.24, 2.45) is 5.92 Å². The van der Waals surface area contributed by atoms with E-state index in [4.69, 9.17) is 4.74 Å². The number of nitrogens with one attached hydrogen (secondary N) is 1. The molecule has 5 rings (SSSR count). The Balaban J connectivity index is 1.20. The Morgan fingerprint density at radius 1 is 1.19 bits per heavy atom. The molecule has 0 unspecified atom stereocenters. The molecule has 1 aromatic carbocycles. The van der Waals surface area contributed by atoms with Crippen molar-refractivity contribution in [1.29, 1.82) is 0 Å². The number of hydrogen-bond acceptors (Lipinski definition) is 6. The van der Waals surface area contributed by atoms with E-state index in [2.05, 4.69) is 59.6 Å². The average Bonchev–Trinajstić information content (AvgIpc) is 3.31. The van der Waals surface area contributed by atoms with Crippen molar-refractivity contribution < 1.29 is 9.53 Å². The summed E-state index contributed by atoms with van der Waals surface area (Å²) in [5.74, 6) is 1.09. The fourth-order valence-electron chi connectivity index (χ4n) is 4.81. The fraction of sp³-hybridized carbons (Fsp3) is 0.478. The van der Waals surface area contributed by atoms with Crippen LogP contribution < -0.4 is 10.2 Å². The van der Waals surface area contributed by atoms with Crippen LogP contribution in [0.25, 0.3) is 5.65 Å². The van der Waals surface area contributed by atoms with E-state index in [0.717, 1.165) is 67.9 Å². The van der Waals surface area contributed by atoms with Gasteiger partial charge in [-0.3, -0.25) is 4.79 Å². The number of anilines is 1. The zero-order valence-electron chi connectivity index (χ0n) is 17.9. The molecule has 1 amide bonds. The first-order chi connectivity index (χ1) is 15.6. The molecule has 2 fully saturated rings. The number of carbonyl (C=O) groups excluding carboxylic acids is 1. The molecule has 0 saturated carbocycles. The minimum Gasteiger partial charge on any atom is -0.381 e. The van der Waals surface area contributed by atoms with E-state index in [1.807, 2.05) is 18.2 Å². The van der Waals surface area contributed by atoms with Gasteiger partial charge in [0.25, 0.3) is 0 Å². The Morgan fingerprint density at radius 2 is 2.00 bits per heavy atom. The molecule has 0 bridgehead atoms. The van der Waals surface area contributed by atoms with Gasteiger partial charge in [-0.15, -0.1) is 15.3 Å². The molecule has 0 aliphatic carbocycles. The lowest BCUT2D eigenvalue weighted by Crippen LogP contribution is -2.47. The Bertz CT molecular complexity index is 1090. The van der Waals surface area contributed by atoms with Crippen LogP contribution in [0.15, 0.2) is 47.2 Å². The molecular weight excluding hydrogens is 472 g/mol. The second-order valence-electron chi connectivity index (χ2n) is 8.71. The van der Waals surface area contributed by atoms with E-state index in [9.17, 15) is 4.79 Å². The topological polar surface area (TPSA) is 84.6 Å². The highest BCUT2D eigenvalue weighted by atomic mass is 79.9. The largest absolute Gasteiger partial charge is 0.381 e. The number of piperidine rings is 1. The van der Waals surface area contributed by atoms with Crippen molar-refractivity contribution in [3.63, 3.8) is 0 Å². The van der Waals surface area contributed by atoms with Crippen molar-refractivity contribution in [2.45, 2.75) is 31.1 Å². The minimum atomic E-state index is -0.0729. The molecule has 0 atom stereocenters. The number of carbonyl (C=O) groups is 1. The van der Waals surface area contributed by atoms with Crippen LogP contribution in [-0.2, 0) is 14.9 Å². The highest BCUT2D eigenvalue weighted by Crippen LogP contribution is 2.35. The zero-order valence-corrected chi connectivity index (χ0v) is 19.5. The molecule has 0 spiro atoms. The summed E-state index contributed by atoms with van der Waals surface area (Å²) in [7, 11) is 0. The van der Waals surface area contributed by atoms with Crippen molar-refractivity contribution >= 4 is 33.3 Å². The van der Waals surface area contributed by atoms with Crippen LogP contribution in [0.2, 0.25) is 0 Å². The van der Waals surface area contributed by atoms with E-state index in [0.29, 0.717) is 6.54 Å². The van der Waals surface area contributed by atoms with Gasteiger partial charge in [-0.25, -0.2) is 0 Å². The predicted molar refractivity (Wildman–Crippen MR) is 125 cm³/mol. The lowest BCUT2D eigenvalue weighted by molar-refractivity contribution is -0.126. The van der Waals surface area contributed by atoms with Gasteiger partial charge in [-0.2, -0.15) is 4.52 Å². The summed E-state index contributed by atoms with van der Waals surface area (Å²) in [6.07, 6.45) is 5.08. The average molecular weight is 499 g/mol. The van der Waals surface area contributed by atoms with Crippen LogP contribution in [0.1, 0.15) is 31.2 Å². The highest BCUT2D eigenvalue weighted by Gasteiger charge is 2.36. The van der Waals surface area contributed by atoms with Crippen molar-refractivity contribution in [1.82, 2.24) is 25.1 Å². The lowest BCUT2D eigenvalue weighted by atomic mass is 9.74. The summed E-state index contributed by atoms with van der Waals surface area (Å²) in [6.45, 7) is 3.72. The van der Waals surface area contributed by atoms with E-state index >= 15 is 0 Å². The minimum absolute atomic E-state index is 0.0318. The van der Waals surface area contributed by atoms with Crippen molar-refractivity contribution in [3.8, 4) is 0 Å². The summed E-state index contributed by atoms with van der Waals surface area (Å²) >= 11 is 3.59. The fourth-order valence-corrected chi connectivity index (χ4v) is 5.21. The van der Waals surface area contributed by atoms with Crippen LogP contribution in [0, 0.1) is 5.92 Å². The second kappa shape index (κ2) is 9.15. The molecule has 9 heteroatoms. The standard InChI is InChI=1S/C23H27BrN6O2/c24-19-3-1-2-18(14-19)23(8-12-32-13-9-23)15-25-22(31)17-6-10-29(11-7-17)21-5-4-20-27-26-16-30(20)28-21/h1-5,14,16-17H,6-13,15H2,(H,25,31). The third-order valence-electron chi connectivity index (χ3n) is 6.83. The molecule has 2 saturated heterocycles. The molecule has 3 aromatic rings. The first-order valence-electron chi connectivity index (χ1n) is 11.2. The third-order valence-corrected chi connectivity index (χ3v) is 7.32. The molecule has 32 heavy (non-hydrogen) atoms. The van der Waals surface area contributed by atoms with Gasteiger partial charge in [0.05, 0.1) is 0 Å². The van der Waals surface area contributed by atoms with Gasteiger partial charge < -0.3 is 15.0 Å². The Hall–Kier alpha value is -2.52. The predicted octanol–water partition coefficient (Wildman–Crippen LogP) is 2.97. The molecule has 8 nitrogen and oxygen atoms in total. The van der Waals surface area contributed by atoms with Gasteiger partial charge in [0.2, 0.25) is 5.91 Å². The number of halogens is 1. The maximum absolute atomic E-state index is 13.1. The summed E-state index contributed by atoms with van der Waals surface area (Å²) in [6, 6.07) is 12.3. The number of ether oxygens (including phenoxy) is 1. The van der Waals surface area contributed by atoms with E-state index < -0.39 is 0 Å². The number of aromatic nitrogens is 4. The maximum atomic E-state index is 13.1. The molecule has 1 N–H and O–H groups in total. The van der Waals surface area contributed by atoms with Gasteiger partial charge in [0, 0.05) is 48.7 Å². The SMILES string of the molecule is O=C(NCC1(c2cccc(Br)c2)CCOCC1)C1CCN(c2ccc3nncn3n2)CC1. The number of fused-ring (bicyclic) bond motifs is 1. The van der Waals surface area contributed by atoms with Gasteiger partial charge in [0.15, 0.2) is 5.65 Å². The number of amides is 1. The number of nitrogens with zero attached hydrogens (tertiary/aromatic N) is 5. The quantitative estimate of drug-likeness (QED) is 0.581. The summed E-state index contributed by atoms with van der Waals surface area (Å²) < 4.78 is 8.38. The van der Waals surface area contributed by atoms with Gasteiger partial charge in [-0.1, -0.05) is 28.1 Å². The van der Waals surface area contributed by atoms with E-state index in [1.165, 1.54) is 5.56 Å². The van der Waals surface area contributed by atoms with Gasteiger partial charge in [-0.05, 0) is 55.5 Å². The number of benzene rings is 1. The molecular formula is C23H27BrN6O2. The van der Waals surface area contributed by atoms with Crippen LogP contribution in [0.3, 0.4) is 0 Å². The first-order valence-corrected chi connectivity index (χ1v) is 12.0. The number of hydrogen-bond donors (Lipinski definition) is 1. The Labute approximate surface area is 195 Å². The molecule has 168 valence electrons. The van der Waals surface area contributed by atoms with E-state index in [-0.39, 0.29) is 17.2 Å². The molecule has 0 radical (unpaired) electrons. The third kappa shape index (κ3) is 4.36. The normalized spacial score (nSPS) is 19.2. The second-order valence-corrected chi connectivity index (χ2v) is 9.62. The first kappa shape index (κ1) is 21.3. The summed E-state index contributed by atoms with van der Waals surface area (Å²) in [4.78, 5) is 15.3. The summed E-state index contributed by atoms with van der Waals surface area (Å²) in [5, 5.41) is 15.8.